The summed E-state index contributed by atoms with van der Waals surface area (Å²) < 4.78 is 203. The van der Waals surface area contributed by atoms with E-state index in [1.54, 1.807) is 51.1 Å². The van der Waals surface area contributed by atoms with Crippen LogP contribution in [0.1, 0.15) is 74.2 Å². The lowest BCUT2D eigenvalue weighted by Gasteiger charge is -2.38. The lowest BCUT2D eigenvalue weighted by atomic mass is 9.78. The average molecular weight is 1050 g/mol. The molecule has 0 amide bonds. The predicted molar refractivity (Wildman–Crippen MR) is 239 cm³/mol. The van der Waals surface area contributed by atoms with Crippen LogP contribution in [0.3, 0.4) is 0 Å². The number of ether oxygens (including phenoxy) is 4. The van der Waals surface area contributed by atoms with Crippen LogP contribution in [0.4, 0.5) is 52.7 Å². The maximum absolute atomic E-state index is 14.9. The number of hydrogen-bond acceptors (Lipinski definition) is 7. The second kappa shape index (κ2) is 24.0. The van der Waals surface area contributed by atoms with E-state index in [1.807, 2.05) is 20.8 Å². The molecule has 0 saturated carbocycles. The van der Waals surface area contributed by atoms with Gasteiger partial charge in [0, 0.05) is 23.3 Å². The van der Waals surface area contributed by atoms with E-state index in [1.165, 1.54) is 19.2 Å². The standard InChI is InChI=1S/C27H27F6NO3S.C16H10F6O3.C4H11NOS/c1-25(2,3)38(35)34-26(16-17-8-6-5-7-9-17,18-10-11-22(29)23(14-18)36-4)19-12-20(28)15-21(13-19)37-27(32,33)24(30)31;1-24-13-6-8(2-3-12(13)18)14(23)9-4-10(17)7-11(5-9)25-16(21,22)15(19)20;1-4(2,3)7(5)6/h5-15,24,34H,16H2,1-4H3;2-7,15H,1H3;5H2,1-3H3/t26-,38-;;7-/m1.1/s1. The fourth-order valence-corrected chi connectivity index (χ4v) is 6.59. The zero-order valence-corrected chi connectivity index (χ0v) is 40.1. The molecule has 9 nitrogen and oxygen atoms in total. The van der Waals surface area contributed by atoms with Gasteiger partial charge in [-0.05, 0) is 119 Å². The second-order valence-corrected chi connectivity index (χ2v) is 20.6. The SMILES string of the molecule is CC(C)(C)[S@](N)=O.COc1cc(C(=O)c2cc(F)cc(OC(F)(F)C(F)F)c2)ccc1F.COc1cc([C@@](Cc2ccccc2)(N[S@](=O)C(C)(C)C)c2cc(F)cc(OC(F)(F)C(F)F)c2)ccc1F. The minimum atomic E-state index is -4.89. The number of halogens is 12. The number of alkyl halides is 8. The zero-order valence-electron chi connectivity index (χ0n) is 38.5. The Labute approximate surface area is 400 Å². The van der Waals surface area contributed by atoms with Crippen molar-refractivity contribution in [3.63, 3.8) is 0 Å². The predicted octanol–water partition coefficient (Wildman–Crippen LogP) is 11.6. The normalized spacial score (nSPS) is 13.8. The maximum atomic E-state index is 14.9. The minimum Gasteiger partial charge on any atom is -0.494 e. The van der Waals surface area contributed by atoms with Gasteiger partial charge in [-0.3, -0.25) is 9.93 Å². The van der Waals surface area contributed by atoms with Crippen molar-refractivity contribution in [2.45, 2.75) is 88.1 Å². The summed E-state index contributed by atoms with van der Waals surface area (Å²) in [6, 6.07) is 19.8. The Kier molecular flexibility index (Phi) is 20.1. The molecule has 23 heteroatoms. The number of benzene rings is 5. The first-order valence-corrected chi connectivity index (χ1v) is 22.6. The molecule has 384 valence electrons. The molecular formula is C47H48F12N2O7S2. The number of ketones is 1. The molecule has 0 heterocycles. The Morgan fingerprint density at radius 2 is 1.07 bits per heavy atom. The van der Waals surface area contributed by atoms with Gasteiger partial charge in [0.2, 0.25) is 0 Å². The van der Waals surface area contributed by atoms with E-state index >= 15 is 0 Å². The Hall–Kier alpha value is -5.65. The summed E-state index contributed by atoms with van der Waals surface area (Å²) in [6.07, 6.45) is -18.1. The van der Waals surface area contributed by atoms with Crippen molar-refractivity contribution in [1.29, 1.82) is 0 Å². The topological polar surface area (TPSA) is 126 Å². The molecule has 5 aromatic rings. The van der Waals surface area contributed by atoms with Crippen molar-refractivity contribution in [1.82, 2.24) is 4.72 Å². The van der Waals surface area contributed by atoms with E-state index in [-0.39, 0.29) is 39.4 Å². The number of nitrogens with two attached hydrogens (primary N) is 1. The quantitative estimate of drug-likeness (QED) is 0.0744. The Balaban J connectivity index is 0.000000346. The first-order valence-electron chi connectivity index (χ1n) is 20.2. The third-order valence-electron chi connectivity index (χ3n) is 9.31. The summed E-state index contributed by atoms with van der Waals surface area (Å²) in [6.45, 7) is 10.5. The number of carbonyl (C=O) groups is 1. The molecule has 5 aromatic carbocycles. The molecule has 0 bridgehead atoms. The van der Waals surface area contributed by atoms with Gasteiger partial charge in [-0.1, -0.05) is 36.4 Å². The molecule has 0 fully saturated rings. The van der Waals surface area contributed by atoms with Crippen molar-refractivity contribution >= 4 is 27.8 Å². The first kappa shape index (κ1) is 58.7. The largest absolute Gasteiger partial charge is 0.494 e. The van der Waals surface area contributed by atoms with E-state index in [4.69, 9.17) is 14.6 Å². The van der Waals surface area contributed by atoms with E-state index in [2.05, 4.69) is 14.2 Å². The summed E-state index contributed by atoms with van der Waals surface area (Å²) in [4.78, 5) is 12.3. The van der Waals surface area contributed by atoms with Gasteiger partial charge in [-0.25, -0.2) is 30.7 Å². The molecule has 0 unspecified atom stereocenters. The Morgan fingerprint density at radius 1 is 0.600 bits per heavy atom. The monoisotopic (exact) mass is 1040 g/mol. The summed E-state index contributed by atoms with van der Waals surface area (Å²) in [7, 11) is -0.635. The maximum Gasteiger partial charge on any atom is 0.461 e. The van der Waals surface area contributed by atoms with Crippen LogP contribution in [0.25, 0.3) is 0 Å². The molecule has 3 atom stereocenters. The molecular weight excluding hydrogens is 997 g/mol. The van der Waals surface area contributed by atoms with Crippen LogP contribution in [0.15, 0.2) is 103 Å². The van der Waals surface area contributed by atoms with Crippen LogP contribution >= 0.6 is 0 Å². The smallest absolute Gasteiger partial charge is 0.461 e. The van der Waals surface area contributed by atoms with Crippen molar-refractivity contribution in [3.05, 3.63) is 154 Å². The number of nitrogens with one attached hydrogen (secondary N) is 1. The fraction of sp³-hybridized carbons (Fsp3) is 0.340. The molecule has 3 N–H and O–H groups in total. The highest BCUT2D eigenvalue weighted by atomic mass is 32.2. The van der Waals surface area contributed by atoms with Crippen LogP contribution in [-0.4, -0.2) is 63.0 Å². The molecule has 5 rings (SSSR count). The molecule has 70 heavy (non-hydrogen) atoms. The van der Waals surface area contributed by atoms with E-state index in [0.29, 0.717) is 29.8 Å². The van der Waals surface area contributed by atoms with Crippen molar-refractivity contribution in [2.24, 2.45) is 5.14 Å². The van der Waals surface area contributed by atoms with E-state index < -0.39 is 103 Å². The third-order valence-corrected chi connectivity index (χ3v) is 12.2. The highest BCUT2D eigenvalue weighted by molar-refractivity contribution is 7.84. The van der Waals surface area contributed by atoms with Crippen LogP contribution in [-0.2, 0) is 33.9 Å². The zero-order chi connectivity index (χ0) is 53.2. The van der Waals surface area contributed by atoms with Crippen molar-refractivity contribution in [2.75, 3.05) is 14.2 Å². The Bertz CT molecular complexity index is 2620. The molecule has 0 aliphatic rings. The van der Waals surface area contributed by atoms with Gasteiger partial charge in [0.25, 0.3) is 0 Å². The molecule has 0 saturated heterocycles. The van der Waals surface area contributed by atoms with Gasteiger partial charge in [0.15, 0.2) is 28.9 Å². The van der Waals surface area contributed by atoms with Crippen LogP contribution in [0.5, 0.6) is 23.0 Å². The van der Waals surface area contributed by atoms with Gasteiger partial charge >= 0.3 is 25.1 Å². The number of methoxy groups -OCH3 is 2. The summed E-state index contributed by atoms with van der Waals surface area (Å²) >= 11 is 0. The van der Waals surface area contributed by atoms with Gasteiger partial charge < -0.3 is 18.9 Å². The fourth-order valence-electron chi connectivity index (χ4n) is 5.66. The number of hydrogen-bond donors (Lipinski definition) is 2. The van der Waals surface area contributed by atoms with E-state index in [9.17, 15) is 65.9 Å². The highest BCUT2D eigenvalue weighted by Crippen LogP contribution is 2.40. The lowest BCUT2D eigenvalue weighted by molar-refractivity contribution is -0.253. The molecule has 0 aliphatic carbocycles. The van der Waals surface area contributed by atoms with Crippen LogP contribution in [0, 0.1) is 23.3 Å². The van der Waals surface area contributed by atoms with E-state index in [0.717, 1.165) is 43.5 Å². The lowest BCUT2D eigenvalue weighted by Crippen LogP contribution is -2.50. The molecule has 0 aromatic heterocycles. The molecule has 0 radical (unpaired) electrons. The van der Waals surface area contributed by atoms with Crippen molar-refractivity contribution < 1.29 is 84.8 Å². The van der Waals surface area contributed by atoms with Gasteiger partial charge in [-0.2, -0.15) is 35.1 Å². The second-order valence-electron chi connectivity index (χ2n) is 16.8. The summed E-state index contributed by atoms with van der Waals surface area (Å²) in [5.41, 5.74) is -1.41. The number of rotatable bonds is 16. The Morgan fingerprint density at radius 3 is 1.54 bits per heavy atom. The highest BCUT2D eigenvalue weighted by Gasteiger charge is 2.46. The number of carbonyl (C=O) groups excluding carboxylic acids is 1. The van der Waals surface area contributed by atoms with Crippen LogP contribution in [0.2, 0.25) is 0 Å². The van der Waals surface area contributed by atoms with Gasteiger partial charge in [-0.15, -0.1) is 0 Å². The molecule has 0 aliphatic heterocycles. The van der Waals surface area contributed by atoms with Crippen molar-refractivity contribution in [3.8, 4) is 23.0 Å². The van der Waals surface area contributed by atoms with Gasteiger partial charge in [0.1, 0.15) is 23.1 Å². The molecule has 0 spiro atoms. The van der Waals surface area contributed by atoms with Crippen LogP contribution < -0.4 is 28.8 Å². The third kappa shape index (κ3) is 16.2. The summed E-state index contributed by atoms with van der Waals surface area (Å²) in [5, 5.41) is 5.04. The minimum absolute atomic E-state index is 0.0292. The van der Waals surface area contributed by atoms with Gasteiger partial charge in [0.05, 0.1) is 51.2 Å². The average Bonchev–Trinajstić information content (AvgIpc) is 3.25. The first-order chi connectivity index (χ1) is 32.3. The summed E-state index contributed by atoms with van der Waals surface area (Å²) in [5.74, 6) is -6.83.